The lowest BCUT2D eigenvalue weighted by molar-refractivity contribution is 0.625. The molecular weight excluding hydrogens is 253 g/mol. The first kappa shape index (κ1) is 13.0. The Bertz CT molecular complexity index is 646. The molecule has 0 unspecified atom stereocenters. The molecule has 1 saturated carbocycles. The van der Waals surface area contributed by atoms with Gasteiger partial charge in [0, 0.05) is 0 Å². The van der Waals surface area contributed by atoms with E-state index in [1.54, 1.807) is 0 Å². The van der Waals surface area contributed by atoms with Crippen molar-refractivity contribution >= 4 is 5.82 Å². The molecule has 0 bridgehead atoms. The Morgan fingerprint density at radius 1 is 1.00 bits per heavy atom. The maximum atomic E-state index is 13.0. The molecule has 0 amide bonds. The number of hydrogen-bond donors (Lipinski definition) is 1. The number of nitrogens with zero attached hydrogens (tertiary/aromatic N) is 2. The molecule has 0 radical (unpaired) electrons. The maximum absolute atomic E-state index is 13.0. The molecule has 1 aromatic heterocycles. The molecule has 1 fully saturated rings. The van der Waals surface area contributed by atoms with Gasteiger partial charge >= 0.3 is 0 Å². The first-order chi connectivity index (χ1) is 9.52. The van der Waals surface area contributed by atoms with Gasteiger partial charge in [-0.1, -0.05) is 12.1 Å². The summed E-state index contributed by atoms with van der Waals surface area (Å²) in [5.74, 6) is 0.627. The minimum absolute atomic E-state index is 0.102. The van der Waals surface area contributed by atoms with Crippen molar-refractivity contribution in [2.24, 2.45) is 0 Å². The van der Waals surface area contributed by atoms with Gasteiger partial charge in [-0.15, -0.1) is 5.10 Å². The zero-order chi connectivity index (χ0) is 14.3. The number of nitrogens with one attached hydrogen (secondary N) is 1. The van der Waals surface area contributed by atoms with Crippen LogP contribution in [-0.2, 0) is 5.54 Å². The minimum atomic E-state index is -0.202. The Labute approximate surface area is 118 Å². The molecule has 4 heteroatoms. The number of benzene rings is 1. The summed E-state index contributed by atoms with van der Waals surface area (Å²) < 4.78 is 13.0. The third-order valence-corrected chi connectivity index (χ3v) is 4.26. The minimum Gasteiger partial charge on any atom is -0.359 e. The maximum Gasteiger partial charge on any atom is 0.152 e. The van der Waals surface area contributed by atoms with Gasteiger partial charge in [0.05, 0.1) is 11.2 Å². The van der Waals surface area contributed by atoms with Crippen molar-refractivity contribution in [2.45, 2.75) is 39.2 Å². The SMILES string of the molecule is Cc1nnc(NC2(c3ccc(F)cc3)CC2)c(C)c1C. The van der Waals surface area contributed by atoms with E-state index in [4.69, 9.17) is 0 Å². The van der Waals surface area contributed by atoms with Crippen molar-refractivity contribution in [3.63, 3.8) is 0 Å². The standard InChI is InChI=1S/C16H18FN3/c1-10-11(2)15(20-19-12(10)3)18-16(8-9-16)13-4-6-14(17)7-5-13/h4-7H,8-9H2,1-3H3,(H,18,20). The summed E-state index contributed by atoms with van der Waals surface area (Å²) in [7, 11) is 0. The number of halogens is 1. The highest BCUT2D eigenvalue weighted by Crippen LogP contribution is 2.48. The molecule has 104 valence electrons. The van der Waals surface area contributed by atoms with Crippen molar-refractivity contribution in [3.05, 3.63) is 52.5 Å². The number of hydrogen-bond acceptors (Lipinski definition) is 3. The van der Waals surface area contributed by atoms with E-state index < -0.39 is 0 Å². The fourth-order valence-corrected chi connectivity index (χ4v) is 2.45. The molecule has 2 aromatic rings. The average molecular weight is 271 g/mol. The second-order valence-corrected chi connectivity index (χ2v) is 5.60. The smallest absolute Gasteiger partial charge is 0.152 e. The van der Waals surface area contributed by atoms with Crippen molar-refractivity contribution in [2.75, 3.05) is 5.32 Å². The van der Waals surface area contributed by atoms with Gasteiger partial charge in [-0.2, -0.15) is 5.10 Å². The number of rotatable bonds is 3. The number of aromatic nitrogens is 2. The van der Waals surface area contributed by atoms with Crippen LogP contribution in [0.15, 0.2) is 24.3 Å². The van der Waals surface area contributed by atoms with Crippen LogP contribution in [0.5, 0.6) is 0 Å². The Balaban J connectivity index is 1.91. The monoisotopic (exact) mass is 271 g/mol. The van der Waals surface area contributed by atoms with Crippen LogP contribution in [0.3, 0.4) is 0 Å². The summed E-state index contributed by atoms with van der Waals surface area (Å²) >= 11 is 0. The molecule has 0 aliphatic heterocycles. The summed E-state index contributed by atoms with van der Waals surface area (Å²) in [4.78, 5) is 0. The van der Waals surface area contributed by atoms with Crippen LogP contribution in [0, 0.1) is 26.6 Å². The Kier molecular flexibility index (Phi) is 2.96. The first-order valence-electron chi connectivity index (χ1n) is 6.86. The molecular formula is C16H18FN3. The van der Waals surface area contributed by atoms with E-state index in [0.717, 1.165) is 41.0 Å². The Morgan fingerprint density at radius 3 is 2.25 bits per heavy atom. The summed E-state index contributed by atoms with van der Waals surface area (Å²) in [6.45, 7) is 6.08. The van der Waals surface area contributed by atoms with Gasteiger partial charge in [0.1, 0.15) is 5.82 Å². The third kappa shape index (κ3) is 2.15. The predicted octanol–water partition coefficient (Wildman–Crippen LogP) is 3.64. The molecule has 0 spiro atoms. The third-order valence-electron chi connectivity index (χ3n) is 4.26. The highest BCUT2D eigenvalue weighted by molar-refractivity contribution is 5.52. The van der Waals surface area contributed by atoms with Gasteiger partial charge in [0.15, 0.2) is 5.82 Å². The van der Waals surface area contributed by atoms with E-state index in [2.05, 4.69) is 29.4 Å². The number of aryl methyl sites for hydroxylation is 1. The topological polar surface area (TPSA) is 37.8 Å². The van der Waals surface area contributed by atoms with Crippen LogP contribution < -0.4 is 5.32 Å². The van der Waals surface area contributed by atoms with Crippen molar-refractivity contribution < 1.29 is 4.39 Å². The molecule has 1 heterocycles. The molecule has 3 rings (SSSR count). The van der Waals surface area contributed by atoms with Crippen molar-refractivity contribution in [1.82, 2.24) is 10.2 Å². The second-order valence-electron chi connectivity index (χ2n) is 5.60. The summed E-state index contributed by atoms with van der Waals surface area (Å²) in [6.07, 6.45) is 2.07. The largest absolute Gasteiger partial charge is 0.359 e. The average Bonchev–Trinajstić information content (AvgIpc) is 3.21. The van der Waals surface area contributed by atoms with Gasteiger partial charge in [0.2, 0.25) is 0 Å². The quantitative estimate of drug-likeness (QED) is 0.926. The molecule has 20 heavy (non-hydrogen) atoms. The Morgan fingerprint density at radius 2 is 1.65 bits per heavy atom. The first-order valence-corrected chi connectivity index (χ1v) is 6.86. The summed E-state index contributed by atoms with van der Waals surface area (Å²) in [5.41, 5.74) is 4.26. The predicted molar refractivity (Wildman–Crippen MR) is 77.2 cm³/mol. The summed E-state index contributed by atoms with van der Waals surface area (Å²) in [5, 5.41) is 12.0. The highest BCUT2D eigenvalue weighted by atomic mass is 19.1. The van der Waals surface area contributed by atoms with E-state index in [0.29, 0.717) is 0 Å². The molecule has 0 saturated heterocycles. The normalized spacial score (nSPS) is 16.0. The molecule has 3 nitrogen and oxygen atoms in total. The molecule has 1 aliphatic rings. The lowest BCUT2D eigenvalue weighted by Gasteiger charge is -2.20. The van der Waals surface area contributed by atoms with Crippen LogP contribution >= 0.6 is 0 Å². The second kappa shape index (κ2) is 4.54. The lowest BCUT2D eigenvalue weighted by Crippen LogP contribution is -2.21. The molecule has 0 atom stereocenters. The molecule has 1 N–H and O–H groups in total. The number of anilines is 1. The van der Waals surface area contributed by atoms with E-state index >= 15 is 0 Å². The van der Waals surface area contributed by atoms with Crippen LogP contribution in [-0.4, -0.2) is 10.2 Å². The van der Waals surface area contributed by atoms with Gasteiger partial charge < -0.3 is 5.32 Å². The van der Waals surface area contributed by atoms with Gasteiger partial charge in [0.25, 0.3) is 0 Å². The van der Waals surface area contributed by atoms with E-state index in [9.17, 15) is 4.39 Å². The fraction of sp³-hybridized carbons (Fsp3) is 0.375. The van der Waals surface area contributed by atoms with Crippen LogP contribution in [0.4, 0.5) is 10.2 Å². The zero-order valence-electron chi connectivity index (χ0n) is 12.0. The van der Waals surface area contributed by atoms with Gasteiger partial charge in [-0.05, 0) is 62.4 Å². The van der Waals surface area contributed by atoms with Crippen LogP contribution in [0.1, 0.15) is 35.2 Å². The summed E-state index contributed by atoms with van der Waals surface area (Å²) in [6, 6.07) is 6.71. The van der Waals surface area contributed by atoms with E-state index in [1.807, 2.05) is 19.1 Å². The van der Waals surface area contributed by atoms with Crippen molar-refractivity contribution in [3.8, 4) is 0 Å². The van der Waals surface area contributed by atoms with Crippen molar-refractivity contribution in [1.29, 1.82) is 0 Å². The van der Waals surface area contributed by atoms with Gasteiger partial charge in [-0.3, -0.25) is 0 Å². The van der Waals surface area contributed by atoms with E-state index in [1.165, 1.54) is 12.1 Å². The molecule has 1 aromatic carbocycles. The van der Waals surface area contributed by atoms with E-state index in [-0.39, 0.29) is 11.4 Å². The van der Waals surface area contributed by atoms with Crippen LogP contribution in [0.25, 0.3) is 0 Å². The lowest BCUT2D eigenvalue weighted by atomic mass is 10.0. The zero-order valence-corrected chi connectivity index (χ0v) is 12.0. The Hall–Kier alpha value is -1.97. The fourth-order valence-electron chi connectivity index (χ4n) is 2.45. The molecule has 1 aliphatic carbocycles. The van der Waals surface area contributed by atoms with Gasteiger partial charge in [-0.25, -0.2) is 4.39 Å². The highest BCUT2D eigenvalue weighted by Gasteiger charge is 2.45. The van der Waals surface area contributed by atoms with Crippen LogP contribution in [0.2, 0.25) is 0 Å².